The number of para-hydroxylation sites is 1. The number of benzene rings is 1. The first-order valence-corrected chi connectivity index (χ1v) is 11.7. The van der Waals surface area contributed by atoms with E-state index in [1.807, 2.05) is 0 Å². The molecule has 0 radical (unpaired) electrons. The first-order valence-electron chi connectivity index (χ1n) is 10.9. The van der Waals surface area contributed by atoms with Crippen LogP contribution >= 0.6 is 23.2 Å². The Morgan fingerprint density at radius 1 is 0.895 bits per heavy atom. The maximum absolute atomic E-state index is 13.0. The second-order valence-electron chi connectivity index (χ2n) is 8.07. The number of hydrogen-bond acceptors (Lipinski definition) is 4. The zero-order chi connectivity index (χ0) is 27.7. The predicted octanol–water partition coefficient (Wildman–Crippen LogP) is 6.54. The van der Waals surface area contributed by atoms with Crippen LogP contribution < -0.4 is 10.6 Å². The average Bonchev–Trinajstić information content (AvgIpc) is 3.19. The van der Waals surface area contributed by atoms with Crippen LogP contribution in [0.2, 0.25) is 10.0 Å². The van der Waals surface area contributed by atoms with Crippen LogP contribution in [0.25, 0.3) is 16.7 Å². The summed E-state index contributed by atoms with van der Waals surface area (Å²) in [5.41, 5.74) is -0.789. The van der Waals surface area contributed by atoms with Gasteiger partial charge in [-0.2, -0.15) is 26.3 Å². The predicted molar refractivity (Wildman–Crippen MR) is 131 cm³/mol. The molecule has 2 N–H and O–H groups in total. The Kier molecular flexibility index (Phi) is 7.75. The number of halogens is 8. The lowest BCUT2D eigenvalue weighted by Crippen LogP contribution is -2.30. The molecule has 0 aliphatic rings. The summed E-state index contributed by atoms with van der Waals surface area (Å²) in [6.07, 6.45) is -6.31. The van der Waals surface area contributed by atoms with Gasteiger partial charge in [-0.3, -0.25) is 9.36 Å². The van der Waals surface area contributed by atoms with Crippen molar-refractivity contribution < 1.29 is 31.1 Å². The fourth-order valence-corrected chi connectivity index (χ4v) is 4.16. The molecule has 4 aromatic rings. The Balaban J connectivity index is 1.43. The van der Waals surface area contributed by atoms with Crippen molar-refractivity contribution in [1.29, 1.82) is 0 Å². The van der Waals surface area contributed by atoms with E-state index in [-0.39, 0.29) is 47.1 Å². The molecule has 1 amide bonds. The Morgan fingerprint density at radius 2 is 1.53 bits per heavy atom. The molecule has 0 aliphatic carbocycles. The normalized spacial score (nSPS) is 12.1. The van der Waals surface area contributed by atoms with Crippen molar-refractivity contribution in [3.8, 4) is 5.82 Å². The van der Waals surface area contributed by atoms with E-state index in [9.17, 15) is 31.1 Å². The van der Waals surface area contributed by atoms with Gasteiger partial charge < -0.3 is 10.6 Å². The van der Waals surface area contributed by atoms with Gasteiger partial charge in [0.1, 0.15) is 5.82 Å². The number of fused-ring (bicyclic) bond motifs is 1. The fourth-order valence-electron chi connectivity index (χ4n) is 3.67. The Bertz CT molecular complexity index is 1490. The maximum Gasteiger partial charge on any atom is 0.417 e. The number of hydrogen-bond donors (Lipinski definition) is 2. The molecule has 0 spiro atoms. The third-order valence-electron chi connectivity index (χ3n) is 5.43. The zero-order valence-corrected chi connectivity index (χ0v) is 20.6. The molecule has 0 saturated heterocycles. The van der Waals surface area contributed by atoms with Gasteiger partial charge in [0.25, 0.3) is 0 Å². The van der Waals surface area contributed by atoms with Gasteiger partial charge in [-0.05, 0) is 23.8 Å². The molecule has 3 aromatic heterocycles. The summed E-state index contributed by atoms with van der Waals surface area (Å²) in [5.74, 6) is -0.252. The minimum atomic E-state index is -4.60. The molecular weight excluding hydrogens is 559 g/mol. The highest BCUT2D eigenvalue weighted by Crippen LogP contribution is 2.34. The number of carbonyl (C=O) groups excluding carboxylic acids is 1. The maximum atomic E-state index is 13.0. The third-order valence-corrected chi connectivity index (χ3v) is 6.00. The topological polar surface area (TPSA) is 71.8 Å². The molecule has 0 saturated carbocycles. The summed E-state index contributed by atoms with van der Waals surface area (Å²) < 4.78 is 78.7. The van der Waals surface area contributed by atoms with Crippen LogP contribution in [0, 0.1) is 0 Å². The van der Waals surface area contributed by atoms with Crippen LogP contribution in [0.1, 0.15) is 16.7 Å². The van der Waals surface area contributed by atoms with Crippen LogP contribution in [0.3, 0.4) is 0 Å². The van der Waals surface area contributed by atoms with Gasteiger partial charge in [0.2, 0.25) is 5.91 Å². The number of pyridine rings is 2. The quantitative estimate of drug-likeness (QED) is 0.194. The number of carbonyl (C=O) groups is 1. The molecule has 0 aliphatic heterocycles. The zero-order valence-electron chi connectivity index (χ0n) is 19.1. The van der Waals surface area contributed by atoms with Gasteiger partial charge in [0.05, 0.1) is 33.1 Å². The second kappa shape index (κ2) is 10.7. The van der Waals surface area contributed by atoms with Crippen LogP contribution in [0.4, 0.5) is 32.2 Å². The third kappa shape index (κ3) is 6.13. The number of anilines is 1. The van der Waals surface area contributed by atoms with Crippen molar-refractivity contribution in [3.63, 3.8) is 0 Å². The lowest BCUT2D eigenvalue weighted by Gasteiger charge is -2.11. The molecular formula is C24H17Cl2F6N5O. The monoisotopic (exact) mass is 575 g/mol. The van der Waals surface area contributed by atoms with Crippen molar-refractivity contribution >= 4 is 45.8 Å². The van der Waals surface area contributed by atoms with Gasteiger partial charge in [0.15, 0.2) is 5.82 Å². The molecule has 6 nitrogen and oxygen atoms in total. The second-order valence-corrected chi connectivity index (χ2v) is 8.89. The summed E-state index contributed by atoms with van der Waals surface area (Å²) >= 11 is 12.0. The van der Waals surface area contributed by atoms with E-state index in [0.29, 0.717) is 28.9 Å². The van der Waals surface area contributed by atoms with E-state index < -0.39 is 23.5 Å². The summed E-state index contributed by atoms with van der Waals surface area (Å²) in [6.45, 7) is 0.249. The molecule has 1 aromatic carbocycles. The van der Waals surface area contributed by atoms with Gasteiger partial charge >= 0.3 is 12.4 Å². The number of nitrogens with one attached hydrogen (secondary N) is 2. The number of rotatable bonds is 7. The molecule has 0 fully saturated rings. The standard InChI is InChI=1S/C24H17Cl2F6N5O/c25-17-8-14(23(27,28)29)10-35-21(17)34-6-5-33-20(38)7-13-12-37(19-4-2-1-3-16(13)19)22-18(26)9-15(11-36-22)24(30,31)32/h1-4,8-12H,5-7H2,(H,33,38)(H,34,35). The molecule has 0 unspecified atom stereocenters. The minimum absolute atomic E-state index is 0.0397. The SMILES string of the molecule is O=C(Cc1cn(-c2ncc(C(F)(F)F)cc2Cl)c2ccccc12)NCCNc1ncc(C(F)(F)F)cc1Cl. The van der Waals surface area contributed by atoms with E-state index in [4.69, 9.17) is 23.2 Å². The van der Waals surface area contributed by atoms with E-state index in [1.54, 1.807) is 30.5 Å². The summed E-state index contributed by atoms with van der Waals surface area (Å²) in [4.78, 5) is 20.1. The van der Waals surface area contributed by atoms with Crippen molar-refractivity contribution in [1.82, 2.24) is 19.9 Å². The van der Waals surface area contributed by atoms with Crippen LogP contribution in [0.15, 0.2) is 55.0 Å². The molecule has 0 atom stereocenters. The van der Waals surface area contributed by atoms with Crippen LogP contribution in [0.5, 0.6) is 0 Å². The number of amides is 1. The number of nitrogens with zero attached hydrogens (tertiary/aromatic N) is 3. The molecule has 3 heterocycles. The van der Waals surface area contributed by atoms with Gasteiger partial charge in [0, 0.05) is 37.1 Å². The van der Waals surface area contributed by atoms with Crippen LogP contribution in [-0.4, -0.2) is 33.5 Å². The van der Waals surface area contributed by atoms with Crippen molar-refractivity contribution in [3.05, 3.63) is 81.7 Å². The number of alkyl halides is 6. The van der Waals surface area contributed by atoms with Gasteiger partial charge in [-0.25, -0.2) is 9.97 Å². The summed E-state index contributed by atoms with van der Waals surface area (Å²) in [5, 5.41) is 5.69. The Labute approximate surface area is 221 Å². The molecule has 0 bridgehead atoms. The van der Waals surface area contributed by atoms with E-state index in [2.05, 4.69) is 20.6 Å². The van der Waals surface area contributed by atoms with Gasteiger partial charge in [-0.15, -0.1) is 0 Å². The van der Waals surface area contributed by atoms with E-state index >= 15 is 0 Å². The van der Waals surface area contributed by atoms with Crippen LogP contribution in [-0.2, 0) is 23.6 Å². The lowest BCUT2D eigenvalue weighted by molar-refractivity contribution is -0.138. The van der Waals surface area contributed by atoms with E-state index in [0.717, 1.165) is 12.1 Å². The van der Waals surface area contributed by atoms with E-state index in [1.165, 1.54) is 4.57 Å². The smallest absolute Gasteiger partial charge is 0.367 e. The number of aromatic nitrogens is 3. The Morgan fingerprint density at radius 3 is 2.16 bits per heavy atom. The fraction of sp³-hybridized carbons (Fsp3) is 0.208. The Hall–Kier alpha value is -3.51. The lowest BCUT2D eigenvalue weighted by atomic mass is 10.1. The first kappa shape index (κ1) is 27.5. The van der Waals surface area contributed by atoms with Gasteiger partial charge in [-0.1, -0.05) is 41.4 Å². The highest BCUT2D eigenvalue weighted by molar-refractivity contribution is 6.33. The molecule has 200 valence electrons. The summed E-state index contributed by atoms with van der Waals surface area (Å²) in [7, 11) is 0. The summed E-state index contributed by atoms with van der Waals surface area (Å²) in [6, 6.07) is 8.50. The van der Waals surface area contributed by atoms with Crippen molar-refractivity contribution in [2.45, 2.75) is 18.8 Å². The largest absolute Gasteiger partial charge is 0.417 e. The molecule has 38 heavy (non-hydrogen) atoms. The molecule has 14 heteroatoms. The highest BCUT2D eigenvalue weighted by Gasteiger charge is 2.32. The van der Waals surface area contributed by atoms with Crippen molar-refractivity contribution in [2.24, 2.45) is 0 Å². The molecule has 4 rings (SSSR count). The van der Waals surface area contributed by atoms with Crippen molar-refractivity contribution in [2.75, 3.05) is 18.4 Å². The highest BCUT2D eigenvalue weighted by atomic mass is 35.5. The minimum Gasteiger partial charge on any atom is -0.367 e. The average molecular weight is 576 g/mol. The first-order chi connectivity index (χ1) is 17.8.